The van der Waals surface area contributed by atoms with Crippen molar-refractivity contribution in [2.24, 2.45) is 0 Å². The summed E-state index contributed by atoms with van der Waals surface area (Å²) in [6, 6.07) is 11.9. The normalized spacial score (nSPS) is 24.3. The first-order valence-corrected chi connectivity index (χ1v) is 14.2. The summed E-state index contributed by atoms with van der Waals surface area (Å²) in [5, 5.41) is 63.0. The molecule has 3 aromatic carbocycles. The van der Waals surface area contributed by atoms with Crippen LogP contribution in [-0.2, 0) is 14.3 Å². The highest BCUT2D eigenvalue weighted by molar-refractivity contribution is 6.39. The van der Waals surface area contributed by atoms with Gasteiger partial charge in [-0.05, 0) is 18.6 Å². The van der Waals surface area contributed by atoms with Crippen LogP contribution in [-0.4, -0.2) is 106 Å². The van der Waals surface area contributed by atoms with Crippen LogP contribution < -0.4 is 0 Å². The number of carbonyl (C=O) groups excluding carboxylic acids is 2. The van der Waals surface area contributed by atoms with Gasteiger partial charge in [0.05, 0.1) is 34.3 Å². The number of aromatic nitrogens is 2. The number of rotatable bonds is 7. The maximum Gasteiger partial charge on any atom is 0.326 e. The first kappa shape index (κ1) is 28.9. The number of amides is 2. The fourth-order valence-electron chi connectivity index (χ4n) is 6.82. The summed E-state index contributed by atoms with van der Waals surface area (Å²) in [6.45, 7) is -0.676. The van der Waals surface area contributed by atoms with Crippen LogP contribution in [0, 0.1) is 0 Å². The molecule has 2 aromatic heterocycles. The van der Waals surface area contributed by atoms with Gasteiger partial charge in [-0.1, -0.05) is 36.4 Å². The van der Waals surface area contributed by atoms with E-state index in [4.69, 9.17) is 4.74 Å². The third kappa shape index (κ3) is 4.00. The van der Waals surface area contributed by atoms with Gasteiger partial charge in [-0.3, -0.25) is 19.3 Å². The Balaban J connectivity index is 1.61. The van der Waals surface area contributed by atoms with Crippen LogP contribution in [0.15, 0.2) is 48.5 Å². The number of benzene rings is 3. The molecule has 232 valence electrons. The zero-order chi connectivity index (χ0) is 31.9. The number of carboxylic acids is 2. The monoisotopic (exact) mass is 617 g/mol. The van der Waals surface area contributed by atoms with E-state index in [0.717, 1.165) is 0 Å². The molecule has 14 heteroatoms. The zero-order valence-electron chi connectivity index (χ0n) is 23.3. The minimum atomic E-state index is -1.76. The smallest absolute Gasteiger partial charge is 0.326 e. The number of hydrogen-bond acceptors (Lipinski definition) is 9. The summed E-state index contributed by atoms with van der Waals surface area (Å²) in [7, 11) is 0. The summed E-state index contributed by atoms with van der Waals surface area (Å²) in [5.41, 5.74) is 1.45. The van der Waals surface area contributed by atoms with Crippen molar-refractivity contribution < 1.29 is 54.6 Å². The van der Waals surface area contributed by atoms with E-state index in [0.29, 0.717) is 37.6 Å². The number of imide groups is 1. The molecular formula is C31H27N3O11. The molecule has 0 unspecified atom stereocenters. The standard InChI is InChI=1S/C31H27N3O11/c35-11-17-25(38)26(39)27(40)30(45-17)33-15-8-4-2-6-13(15)20-22-21(19-12-5-1-3-7-14(12)32-23(19)24(20)33)28(41)34(29(22)42)16(31(43)44)9-10-18(36)37/h1-8,16-17,25-27,30,32,35,38-40H,9-11H2,(H,36,37)(H,43,44)/t16-,17+,25+,26-,27+,30+/m0/s1. The van der Waals surface area contributed by atoms with E-state index < -0.39 is 79.9 Å². The Morgan fingerprint density at radius 1 is 0.867 bits per heavy atom. The molecule has 14 nitrogen and oxygen atoms in total. The number of carbonyl (C=O) groups is 4. The number of aliphatic hydroxyl groups is 4. The van der Waals surface area contributed by atoms with E-state index >= 15 is 0 Å². The Morgan fingerprint density at radius 3 is 2.18 bits per heavy atom. The number of carboxylic acid groups (broad SMARTS) is 2. The second-order valence-corrected chi connectivity index (χ2v) is 11.3. The number of aliphatic hydroxyl groups excluding tert-OH is 4. The summed E-state index contributed by atoms with van der Waals surface area (Å²) < 4.78 is 7.50. The van der Waals surface area contributed by atoms with Gasteiger partial charge in [0.2, 0.25) is 0 Å². The Bertz CT molecular complexity index is 2080. The van der Waals surface area contributed by atoms with E-state index in [1.807, 2.05) is 0 Å². The largest absolute Gasteiger partial charge is 0.481 e. The summed E-state index contributed by atoms with van der Waals surface area (Å²) in [4.78, 5) is 56.0. The van der Waals surface area contributed by atoms with Gasteiger partial charge < -0.3 is 44.9 Å². The first-order valence-electron chi connectivity index (χ1n) is 14.2. The predicted octanol–water partition coefficient (Wildman–Crippen LogP) is 1.32. The molecule has 7 N–H and O–H groups in total. The first-order chi connectivity index (χ1) is 21.6. The Morgan fingerprint density at radius 2 is 1.51 bits per heavy atom. The molecule has 5 aromatic rings. The number of fused-ring (bicyclic) bond motifs is 10. The predicted molar refractivity (Wildman–Crippen MR) is 157 cm³/mol. The third-order valence-electron chi connectivity index (χ3n) is 8.82. The number of para-hydroxylation sites is 2. The van der Waals surface area contributed by atoms with E-state index in [-0.39, 0.29) is 22.0 Å². The number of aliphatic carboxylic acids is 2. The fraction of sp³-hybridized carbons (Fsp3) is 0.290. The lowest BCUT2D eigenvalue weighted by Gasteiger charge is -2.41. The minimum absolute atomic E-state index is 0.0572. The Kier molecular flexibility index (Phi) is 6.65. The Hall–Kier alpha value is -4.86. The molecule has 2 aliphatic rings. The lowest BCUT2D eigenvalue weighted by atomic mass is 9.96. The molecule has 0 aliphatic carbocycles. The number of aromatic amines is 1. The topological polar surface area (TPSA) is 223 Å². The van der Waals surface area contributed by atoms with Gasteiger partial charge in [0.25, 0.3) is 11.8 Å². The van der Waals surface area contributed by atoms with Crippen molar-refractivity contribution in [3.05, 3.63) is 59.7 Å². The van der Waals surface area contributed by atoms with Gasteiger partial charge in [-0.25, -0.2) is 4.79 Å². The highest BCUT2D eigenvalue weighted by Crippen LogP contribution is 2.47. The number of nitrogens with zero attached hydrogens (tertiary/aromatic N) is 2. The van der Waals surface area contributed by atoms with Crippen molar-refractivity contribution in [1.82, 2.24) is 14.5 Å². The highest BCUT2D eigenvalue weighted by atomic mass is 16.6. The summed E-state index contributed by atoms with van der Waals surface area (Å²) >= 11 is 0. The zero-order valence-corrected chi connectivity index (χ0v) is 23.3. The van der Waals surface area contributed by atoms with Crippen LogP contribution in [0.5, 0.6) is 0 Å². The van der Waals surface area contributed by atoms with Crippen LogP contribution in [0.3, 0.4) is 0 Å². The summed E-state index contributed by atoms with van der Waals surface area (Å²) in [6.07, 6.45) is -8.78. The quantitative estimate of drug-likeness (QED) is 0.129. The van der Waals surface area contributed by atoms with Crippen molar-refractivity contribution in [1.29, 1.82) is 0 Å². The number of H-pyrrole nitrogens is 1. The minimum Gasteiger partial charge on any atom is -0.481 e. The van der Waals surface area contributed by atoms with Crippen molar-refractivity contribution in [2.45, 2.75) is 49.5 Å². The molecule has 0 bridgehead atoms. The van der Waals surface area contributed by atoms with Crippen molar-refractivity contribution in [2.75, 3.05) is 6.61 Å². The molecule has 0 radical (unpaired) electrons. The second-order valence-electron chi connectivity index (χ2n) is 11.3. The molecule has 4 heterocycles. The molecule has 7 rings (SSSR count). The van der Waals surface area contributed by atoms with Gasteiger partial charge in [0.1, 0.15) is 30.5 Å². The van der Waals surface area contributed by atoms with Crippen LogP contribution in [0.1, 0.15) is 39.8 Å². The summed E-state index contributed by atoms with van der Waals surface area (Å²) in [5.74, 6) is -4.65. The van der Waals surface area contributed by atoms with Gasteiger partial charge in [0, 0.05) is 33.5 Å². The Labute approximate surface area is 252 Å². The lowest BCUT2D eigenvalue weighted by molar-refractivity contribution is -0.249. The van der Waals surface area contributed by atoms with E-state index in [1.165, 1.54) is 4.57 Å². The average Bonchev–Trinajstić information content (AvgIpc) is 3.64. The number of nitrogens with one attached hydrogen (secondary N) is 1. The van der Waals surface area contributed by atoms with Crippen molar-refractivity contribution >= 4 is 67.4 Å². The molecule has 1 saturated heterocycles. The number of hydrogen-bond donors (Lipinski definition) is 7. The van der Waals surface area contributed by atoms with Gasteiger partial charge in [-0.15, -0.1) is 0 Å². The van der Waals surface area contributed by atoms with Crippen LogP contribution in [0.25, 0.3) is 43.6 Å². The van der Waals surface area contributed by atoms with Crippen LogP contribution in [0.4, 0.5) is 0 Å². The van der Waals surface area contributed by atoms with Gasteiger partial charge >= 0.3 is 11.9 Å². The second kappa shape index (κ2) is 10.4. The van der Waals surface area contributed by atoms with E-state index in [1.54, 1.807) is 48.5 Å². The van der Waals surface area contributed by atoms with Crippen LogP contribution in [0.2, 0.25) is 0 Å². The lowest BCUT2D eigenvalue weighted by Crippen LogP contribution is -2.56. The fourth-order valence-corrected chi connectivity index (χ4v) is 6.82. The molecule has 2 aliphatic heterocycles. The molecular weight excluding hydrogens is 590 g/mol. The SMILES string of the molecule is O=C(O)CC[C@@H](C(=O)O)N1C(=O)c2c(c3c4ccccc4n([C@@H]4O[C@H](CO)[C@@H](O)[C@H](O)[C@H]4O)c3c3[nH]c4ccccc4c23)C1=O. The molecule has 6 atom stereocenters. The maximum absolute atomic E-state index is 14.3. The van der Waals surface area contributed by atoms with E-state index in [9.17, 15) is 49.8 Å². The van der Waals surface area contributed by atoms with Gasteiger partial charge in [0.15, 0.2) is 6.23 Å². The van der Waals surface area contributed by atoms with Crippen molar-refractivity contribution in [3.63, 3.8) is 0 Å². The third-order valence-corrected chi connectivity index (χ3v) is 8.82. The van der Waals surface area contributed by atoms with Gasteiger partial charge in [-0.2, -0.15) is 0 Å². The van der Waals surface area contributed by atoms with Crippen molar-refractivity contribution in [3.8, 4) is 0 Å². The average molecular weight is 618 g/mol. The molecule has 2 amide bonds. The van der Waals surface area contributed by atoms with Crippen LogP contribution >= 0.6 is 0 Å². The molecule has 1 fully saturated rings. The molecule has 0 saturated carbocycles. The maximum atomic E-state index is 14.3. The number of ether oxygens (including phenoxy) is 1. The molecule has 0 spiro atoms. The highest BCUT2D eigenvalue weighted by Gasteiger charge is 2.49. The molecule has 45 heavy (non-hydrogen) atoms. The van der Waals surface area contributed by atoms with E-state index in [2.05, 4.69) is 4.98 Å².